The van der Waals surface area contributed by atoms with Gasteiger partial charge in [-0.15, -0.1) is 0 Å². The number of hydrogen-bond acceptors (Lipinski definition) is 1. The van der Waals surface area contributed by atoms with Gasteiger partial charge in [-0.2, -0.15) is 0 Å². The van der Waals surface area contributed by atoms with Gasteiger partial charge in [-0.05, 0) is 86.0 Å². The lowest BCUT2D eigenvalue weighted by atomic mass is 9.66. The van der Waals surface area contributed by atoms with E-state index in [2.05, 4.69) is 236 Å². The highest BCUT2D eigenvalue weighted by molar-refractivity contribution is 6.13. The number of aliphatic imine (C=N–C) groups is 3. The van der Waals surface area contributed by atoms with Crippen LogP contribution in [0, 0.1) is 0 Å². The highest BCUT2D eigenvalue weighted by atomic mass is 15.0. The number of hydrogen-bond donors (Lipinski definition) is 0. The Balaban J connectivity index is 1.07. The highest BCUT2D eigenvalue weighted by Crippen LogP contribution is 2.59. The second-order valence-electron chi connectivity index (χ2n) is 16.3. The Hall–Kier alpha value is -8.01. The van der Waals surface area contributed by atoms with Crippen LogP contribution >= 0.6 is 0 Å². The van der Waals surface area contributed by atoms with Crippen molar-refractivity contribution >= 4 is 29.5 Å². The smallest absolute Gasteiger partial charge is 0.161 e. The van der Waals surface area contributed by atoms with Crippen LogP contribution < -0.4 is 0 Å². The largest absolute Gasteiger partial charge is 0.261 e. The van der Waals surface area contributed by atoms with E-state index >= 15 is 0 Å². The molecule has 1 atom stereocenters. The van der Waals surface area contributed by atoms with E-state index in [0.717, 1.165) is 50.9 Å². The van der Waals surface area contributed by atoms with Gasteiger partial charge in [0.05, 0.1) is 12.0 Å². The van der Waals surface area contributed by atoms with Crippen LogP contribution in [0.2, 0.25) is 0 Å². The van der Waals surface area contributed by atoms with Gasteiger partial charge in [-0.25, -0.2) is 9.98 Å². The zero-order valence-electron chi connectivity index (χ0n) is 35.6. The van der Waals surface area contributed by atoms with Gasteiger partial charge in [0.25, 0.3) is 0 Å². The predicted octanol–water partition coefficient (Wildman–Crippen LogP) is 14.0. The first-order valence-electron chi connectivity index (χ1n) is 22.0. The van der Waals surface area contributed by atoms with Crippen molar-refractivity contribution in [1.82, 2.24) is 0 Å². The van der Waals surface area contributed by atoms with Gasteiger partial charge in [0.1, 0.15) is 0 Å². The fraction of sp³-hybridized carbons (Fsp3) is 0.0656. The first-order valence-corrected chi connectivity index (χ1v) is 22.0. The first kappa shape index (κ1) is 40.1. The van der Waals surface area contributed by atoms with Crippen molar-refractivity contribution < 1.29 is 0 Å². The van der Waals surface area contributed by atoms with Gasteiger partial charge in [-0.3, -0.25) is 4.99 Å². The normalized spacial score (nSPS) is 15.3. The molecule has 1 unspecified atom stereocenters. The van der Waals surface area contributed by atoms with E-state index in [1.165, 1.54) is 33.4 Å². The Labute approximate surface area is 376 Å². The molecule has 8 aromatic rings. The van der Waals surface area contributed by atoms with Gasteiger partial charge in [0.2, 0.25) is 0 Å². The minimum atomic E-state index is -0.424. The summed E-state index contributed by atoms with van der Waals surface area (Å²) in [5, 5.41) is 0. The minimum Gasteiger partial charge on any atom is -0.261 e. The molecule has 64 heavy (non-hydrogen) atoms. The van der Waals surface area contributed by atoms with Crippen LogP contribution in [0.1, 0.15) is 68.0 Å². The maximum absolute atomic E-state index is 5.32. The molecule has 8 aromatic carbocycles. The second kappa shape index (κ2) is 18.1. The van der Waals surface area contributed by atoms with E-state index in [1.807, 2.05) is 18.2 Å². The fourth-order valence-electron chi connectivity index (χ4n) is 9.79. The Bertz CT molecular complexity index is 2990. The summed E-state index contributed by atoms with van der Waals surface area (Å²) in [7, 11) is 0. The summed E-state index contributed by atoms with van der Waals surface area (Å²) in [6.07, 6.45) is 5.70. The summed E-state index contributed by atoms with van der Waals surface area (Å²) in [6, 6.07) is 81.6. The van der Waals surface area contributed by atoms with Crippen molar-refractivity contribution in [1.29, 1.82) is 0 Å². The third-order valence-electron chi connectivity index (χ3n) is 12.6. The van der Waals surface area contributed by atoms with Crippen LogP contribution in [-0.2, 0) is 5.41 Å². The number of fused-ring (bicyclic) bond motifs is 3. The van der Waals surface area contributed by atoms with Crippen LogP contribution in [0.15, 0.2) is 269 Å². The van der Waals surface area contributed by atoms with E-state index in [-0.39, 0.29) is 5.92 Å². The van der Waals surface area contributed by atoms with Gasteiger partial charge in [-0.1, -0.05) is 237 Å². The number of benzene rings is 8. The molecule has 0 aromatic heterocycles. The highest BCUT2D eigenvalue weighted by Gasteiger charge is 2.50. The molecule has 2 aliphatic carbocycles. The maximum atomic E-state index is 5.32. The molecule has 0 saturated heterocycles. The van der Waals surface area contributed by atoms with Gasteiger partial charge in [0, 0.05) is 17.0 Å². The zero-order valence-corrected chi connectivity index (χ0v) is 35.6. The number of nitrogens with zero attached hydrogens (tertiary/aromatic N) is 3. The van der Waals surface area contributed by atoms with Crippen LogP contribution in [0.25, 0.3) is 11.1 Å². The van der Waals surface area contributed by atoms with Crippen LogP contribution in [0.5, 0.6) is 0 Å². The van der Waals surface area contributed by atoms with Gasteiger partial charge >= 0.3 is 0 Å². The molecule has 0 N–H and O–H groups in total. The Morgan fingerprint density at radius 1 is 0.469 bits per heavy atom. The average Bonchev–Trinajstić information content (AvgIpc) is 3.67. The van der Waals surface area contributed by atoms with Crippen LogP contribution in [-0.4, -0.2) is 24.9 Å². The van der Waals surface area contributed by atoms with E-state index in [0.29, 0.717) is 18.2 Å². The summed E-state index contributed by atoms with van der Waals surface area (Å²) >= 11 is 0. The van der Waals surface area contributed by atoms with Crippen LogP contribution in [0.3, 0.4) is 0 Å². The maximum Gasteiger partial charge on any atom is 0.161 e. The molecule has 0 bridgehead atoms. The molecule has 0 amide bonds. The van der Waals surface area contributed by atoms with Crippen molar-refractivity contribution in [2.24, 2.45) is 15.0 Å². The number of amidine groups is 2. The Morgan fingerprint density at radius 2 is 0.922 bits per heavy atom. The molecular weight excluding hydrogens is 775 g/mol. The summed E-state index contributed by atoms with van der Waals surface area (Å²) in [6.45, 7) is 4.52. The molecule has 2 aliphatic rings. The number of allylic oxidation sites excluding steroid dienone is 2. The molecule has 306 valence electrons. The summed E-state index contributed by atoms with van der Waals surface area (Å²) in [4.78, 5) is 15.2. The Morgan fingerprint density at radius 3 is 1.47 bits per heavy atom. The van der Waals surface area contributed by atoms with Crippen LogP contribution in [0.4, 0.5) is 0 Å². The second-order valence-corrected chi connectivity index (χ2v) is 16.3. The molecule has 0 radical (unpaired) electrons. The lowest BCUT2D eigenvalue weighted by Crippen LogP contribution is -2.30. The predicted molar refractivity (Wildman–Crippen MR) is 267 cm³/mol. The van der Waals surface area contributed by atoms with Crippen molar-refractivity contribution in [2.75, 3.05) is 6.54 Å². The molecule has 0 aliphatic heterocycles. The van der Waals surface area contributed by atoms with E-state index in [1.54, 1.807) is 0 Å². The van der Waals surface area contributed by atoms with E-state index in [4.69, 9.17) is 9.98 Å². The van der Waals surface area contributed by atoms with Gasteiger partial charge in [0.15, 0.2) is 11.7 Å². The first-order chi connectivity index (χ1) is 31.7. The average molecular weight is 822 g/mol. The monoisotopic (exact) mass is 821 g/mol. The standard InChI is InChI=1S/C61H47N3/c1-62-59(50-32-22-31-49(42-50)58(47-27-12-4-13-28-47)57(45-23-8-2-9-24-45)46-25-10-3-11-26-46)64-60(48-29-14-5-15-30-48)63-43-44-39-40-54-53-37-20-21-38-55(53)61(56(54)41-44,51-33-16-6-17-34-51)52-35-18-7-19-36-52/h2-39,41-42,54H,1,40,43H2/b63-60-,64-59-. The molecule has 0 heterocycles. The van der Waals surface area contributed by atoms with Crippen molar-refractivity contribution in [3.63, 3.8) is 0 Å². The molecule has 0 fully saturated rings. The topological polar surface area (TPSA) is 37.1 Å². The molecule has 3 nitrogen and oxygen atoms in total. The molecule has 10 rings (SSSR count). The number of rotatable bonds is 10. The third kappa shape index (κ3) is 7.63. The van der Waals surface area contributed by atoms with Crippen molar-refractivity contribution in [3.05, 3.63) is 309 Å². The summed E-state index contributed by atoms with van der Waals surface area (Å²) < 4.78 is 0. The summed E-state index contributed by atoms with van der Waals surface area (Å²) in [5.41, 5.74) is 15.9. The lowest BCUT2D eigenvalue weighted by Gasteiger charge is -2.36. The SMILES string of the molecule is C=N/C(=N\C(=N/CC1=CCC2C(=C1)C(c1ccccc1)(c1ccccc1)c1ccccc12)c1ccccc1)c1cccc(C(=C(c2ccccc2)c2ccccc2)c2ccccc2)c1. The quantitative estimate of drug-likeness (QED) is 0.0749. The Kier molecular flexibility index (Phi) is 11.4. The minimum absolute atomic E-state index is 0.263. The van der Waals surface area contributed by atoms with Crippen molar-refractivity contribution in [3.8, 4) is 0 Å². The molecule has 0 saturated carbocycles. The van der Waals surface area contributed by atoms with Gasteiger partial charge < -0.3 is 0 Å². The molecule has 0 spiro atoms. The zero-order chi connectivity index (χ0) is 43.1. The lowest BCUT2D eigenvalue weighted by molar-refractivity contribution is 0.688. The summed E-state index contributed by atoms with van der Waals surface area (Å²) in [5.74, 6) is 1.38. The molecular formula is C61H47N3. The van der Waals surface area contributed by atoms with Crippen molar-refractivity contribution in [2.45, 2.75) is 17.8 Å². The van der Waals surface area contributed by atoms with E-state index < -0.39 is 5.41 Å². The molecule has 3 heteroatoms. The third-order valence-corrected chi connectivity index (χ3v) is 12.6. The van der Waals surface area contributed by atoms with E-state index in [9.17, 15) is 0 Å². The fourth-order valence-corrected chi connectivity index (χ4v) is 9.79.